The Morgan fingerprint density at radius 3 is 2.00 bits per heavy atom. The van der Waals surface area contributed by atoms with Gasteiger partial charge in [-0.15, -0.1) is 0 Å². The van der Waals surface area contributed by atoms with E-state index in [9.17, 15) is 0 Å². The molecule has 0 amide bonds. The Morgan fingerprint density at radius 1 is 1.11 bits per heavy atom. The highest BCUT2D eigenvalue weighted by atomic mass is 28.4. The minimum Gasteiger partial charge on any atom is -0.413 e. The minimum atomic E-state index is -2.41. The van der Waals surface area contributed by atoms with E-state index in [1.165, 1.54) is 12.8 Å². The van der Waals surface area contributed by atoms with E-state index in [0.29, 0.717) is 6.61 Å². The van der Waals surface area contributed by atoms with Gasteiger partial charge in [-0.1, -0.05) is 39.4 Å². The Hall–Kier alpha value is 0.708. The molecule has 0 aliphatic carbocycles. The van der Waals surface area contributed by atoms with Gasteiger partial charge in [-0.05, 0) is 66.5 Å². The van der Waals surface area contributed by atoms with Gasteiger partial charge in [0.15, 0.2) is 8.32 Å². The summed E-state index contributed by atoms with van der Waals surface area (Å²) in [6, 6.07) is 1.12. The Balaban J connectivity index is 3.14. The van der Waals surface area contributed by atoms with E-state index in [2.05, 4.69) is 87.0 Å². The third kappa shape index (κ3) is 6.12. The zero-order valence-electron chi connectivity index (χ0n) is 21.0. The average Bonchev–Trinajstić information content (AvgIpc) is 2.48. The Morgan fingerprint density at radius 2 is 1.64 bits per heavy atom. The summed E-state index contributed by atoms with van der Waals surface area (Å²) in [6.45, 7) is 30.4. The van der Waals surface area contributed by atoms with Gasteiger partial charge in [0.2, 0.25) is 8.32 Å². The van der Waals surface area contributed by atoms with Gasteiger partial charge >= 0.3 is 8.56 Å². The van der Waals surface area contributed by atoms with Crippen LogP contribution in [0.1, 0.15) is 47.5 Å². The molecule has 168 valence electrons. The van der Waals surface area contributed by atoms with Gasteiger partial charge in [-0.25, -0.2) is 0 Å². The summed E-state index contributed by atoms with van der Waals surface area (Å²) in [5, 5.41) is -0.527. The lowest BCUT2D eigenvalue weighted by molar-refractivity contribution is -0.0601. The third-order valence-electron chi connectivity index (χ3n) is 6.50. The molecule has 1 heterocycles. The minimum absolute atomic E-state index is 0.231. The SMILES string of the molecule is CCCC[Si](C)(OC1(C)CO[Si]1(C)OC(C)[Si](C)(C)C)C(C)(C)O[Si](C)(C)C. The molecule has 0 spiro atoms. The quantitative estimate of drug-likeness (QED) is 0.340. The predicted molar refractivity (Wildman–Crippen MR) is 131 cm³/mol. The molecule has 0 N–H and O–H groups in total. The highest BCUT2D eigenvalue weighted by Crippen LogP contribution is 2.44. The fourth-order valence-corrected chi connectivity index (χ4v) is 15.4. The van der Waals surface area contributed by atoms with Crippen molar-refractivity contribution in [2.75, 3.05) is 6.61 Å². The monoisotopic (exact) mass is 464 g/mol. The zero-order valence-corrected chi connectivity index (χ0v) is 25.0. The molecule has 0 bridgehead atoms. The fraction of sp³-hybridized carbons (Fsp3) is 1.00. The maximum absolute atomic E-state index is 7.17. The topological polar surface area (TPSA) is 36.9 Å². The van der Waals surface area contributed by atoms with Crippen molar-refractivity contribution in [3.63, 3.8) is 0 Å². The lowest BCUT2D eigenvalue weighted by Crippen LogP contribution is -2.78. The molecule has 1 rings (SSSR count). The van der Waals surface area contributed by atoms with E-state index in [1.807, 2.05) is 0 Å². The van der Waals surface area contributed by atoms with Crippen LogP contribution in [0, 0.1) is 0 Å². The van der Waals surface area contributed by atoms with Crippen molar-refractivity contribution in [3.05, 3.63) is 0 Å². The lowest BCUT2D eigenvalue weighted by atomic mass is 10.4. The highest BCUT2D eigenvalue weighted by Gasteiger charge is 2.66. The van der Waals surface area contributed by atoms with Crippen LogP contribution in [0.4, 0.5) is 0 Å². The van der Waals surface area contributed by atoms with Gasteiger partial charge < -0.3 is 17.7 Å². The zero-order chi connectivity index (χ0) is 22.2. The molecule has 1 saturated heterocycles. The van der Waals surface area contributed by atoms with Crippen molar-refractivity contribution in [1.82, 2.24) is 0 Å². The summed E-state index contributed by atoms with van der Waals surface area (Å²) in [5.41, 5.74) is 0.266. The second kappa shape index (κ2) is 8.68. The van der Waals surface area contributed by atoms with E-state index in [4.69, 9.17) is 17.7 Å². The molecule has 8 heteroatoms. The molecule has 4 unspecified atom stereocenters. The fourth-order valence-electron chi connectivity index (χ4n) is 3.63. The van der Waals surface area contributed by atoms with Crippen molar-refractivity contribution in [2.24, 2.45) is 0 Å². The molecule has 1 aliphatic heterocycles. The normalized spacial score (nSPS) is 29.9. The van der Waals surface area contributed by atoms with Crippen LogP contribution in [0.3, 0.4) is 0 Å². The van der Waals surface area contributed by atoms with Crippen LogP contribution >= 0.6 is 0 Å². The first-order chi connectivity index (χ1) is 12.3. The predicted octanol–water partition coefficient (Wildman–Crippen LogP) is 6.23. The molecule has 4 nitrogen and oxygen atoms in total. The molecule has 0 aromatic carbocycles. The van der Waals surface area contributed by atoms with Crippen LogP contribution in [-0.2, 0) is 17.7 Å². The molecule has 0 aromatic rings. The first kappa shape index (κ1) is 26.7. The molecular formula is C20H48O4Si4. The van der Waals surface area contributed by atoms with Gasteiger partial charge in [-0.2, -0.15) is 0 Å². The lowest BCUT2D eigenvalue weighted by Gasteiger charge is -2.58. The first-order valence-electron chi connectivity index (χ1n) is 11.0. The average molecular weight is 465 g/mol. The van der Waals surface area contributed by atoms with Crippen LogP contribution in [0.2, 0.25) is 58.4 Å². The van der Waals surface area contributed by atoms with Crippen LogP contribution < -0.4 is 0 Å². The van der Waals surface area contributed by atoms with Crippen molar-refractivity contribution in [3.8, 4) is 0 Å². The van der Waals surface area contributed by atoms with Gasteiger partial charge in [0.25, 0.3) is 0 Å². The van der Waals surface area contributed by atoms with Crippen molar-refractivity contribution >= 4 is 33.3 Å². The van der Waals surface area contributed by atoms with Gasteiger partial charge in [0.05, 0.1) is 19.9 Å². The summed E-state index contributed by atoms with van der Waals surface area (Å²) in [6.07, 6.45) is 2.36. The number of hydrogen-bond donors (Lipinski definition) is 0. The summed E-state index contributed by atoms with van der Waals surface area (Å²) in [7, 11) is -7.69. The molecular weight excluding hydrogens is 417 g/mol. The number of rotatable bonds is 11. The van der Waals surface area contributed by atoms with Crippen LogP contribution in [0.5, 0.6) is 0 Å². The summed E-state index contributed by atoms with van der Waals surface area (Å²) < 4.78 is 26.7. The van der Waals surface area contributed by atoms with E-state index < -0.39 is 33.3 Å². The largest absolute Gasteiger partial charge is 0.413 e. The molecule has 4 atom stereocenters. The summed E-state index contributed by atoms with van der Waals surface area (Å²) in [5.74, 6) is 0. The van der Waals surface area contributed by atoms with Crippen LogP contribution in [-0.4, -0.2) is 56.1 Å². The molecule has 0 aromatic heterocycles. The maximum Gasteiger partial charge on any atom is 0.368 e. The molecule has 0 saturated carbocycles. The first-order valence-corrected chi connectivity index (χ1v) is 22.9. The number of unbranched alkanes of at least 4 members (excludes halogenated alkanes) is 1. The van der Waals surface area contributed by atoms with Gasteiger partial charge in [-0.3, -0.25) is 0 Å². The Bertz CT molecular complexity index is 531. The molecule has 1 aliphatic rings. The smallest absolute Gasteiger partial charge is 0.368 e. The van der Waals surface area contributed by atoms with Gasteiger partial charge in [0, 0.05) is 5.73 Å². The van der Waals surface area contributed by atoms with Crippen molar-refractivity contribution < 1.29 is 17.7 Å². The van der Waals surface area contributed by atoms with E-state index in [1.54, 1.807) is 0 Å². The highest BCUT2D eigenvalue weighted by molar-refractivity contribution is 6.81. The van der Waals surface area contributed by atoms with Crippen molar-refractivity contribution in [1.29, 1.82) is 0 Å². The maximum atomic E-state index is 7.17. The van der Waals surface area contributed by atoms with Crippen LogP contribution in [0.15, 0.2) is 0 Å². The van der Waals surface area contributed by atoms with E-state index in [-0.39, 0.29) is 16.2 Å². The van der Waals surface area contributed by atoms with Gasteiger partial charge in [0.1, 0.15) is 5.22 Å². The van der Waals surface area contributed by atoms with Crippen molar-refractivity contribution in [2.45, 2.75) is 122 Å². The van der Waals surface area contributed by atoms with E-state index >= 15 is 0 Å². The number of hydrogen-bond acceptors (Lipinski definition) is 4. The Labute approximate surface area is 179 Å². The third-order valence-corrected chi connectivity index (χ3v) is 19.3. The molecule has 1 fully saturated rings. The summed E-state index contributed by atoms with van der Waals surface area (Å²) in [4.78, 5) is 0. The van der Waals surface area contributed by atoms with Crippen LogP contribution in [0.25, 0.3) is 0 Å². The second-order valence-corrected chi connectivity index (χ2v) is 29.6. The standard InChI is InChI=1S/C20H48O4Si4/c1-14-15-16-27(12,19(3,4)23-26(9,10)11)24-20(5)17-21-28(20,13)22-18(2)25(6,7)8/h18H,14-17H2,1-13H3. The molecule has 0 radical (unpaired) electrons. The van der Waals surface area contributed by atoms with E-state index in [0.717, 1.165) is 6.04 Å². The molecule has 28 heavy (non-hydrogen) atoms. The summed E-state index contributed by atoms with van der Waals surface area (Å²) >= 11 is 0. The Kier molecular flexibility index (Phi) is 8.29. The second-order valence-electron chi connectivity index (χ2n) is 11.8.